The summed E-state index contributed by atoms with van der Waals surface area (Å²) in [4.78, 5) is 36.8. The van der Waals surface area contributed by atoms with Crippen molar-refractivity contribution in [1.82, 2.24) is 5.43 Å². The lowest BCUT2D eigenvalue weighted by Crippen LogP contribution is -2.32. The molecule has 3 aromatic carbocycles. The molecule has 0 fully saturated rings. The van der Waals surface area contributed by atoms with Crippen LogP contribution in [-0.4, -0.2) is 37.7 Å². The van der Waals surface area contributed by atoms with Crippen molar-refractivity contribution in [2.24, 2.45) is 5.10 Å². The van der Waals surface area contributed by atoms with Crippen LogP contribution in [0.25, 0.3) is 0 Å². The van der Waals surface area contributed by atoms with Gasteiger partial charge in [0.1, 0.15) is 11.5 Å². The lowest BCUT2D eigenvalue weighted by Gasteiger charge is -2.14. The first kappa shape index (κ1) is 26.0. The van der Waals surface area contributed by atoms with Crippen molar-refractivity contribution in [1.29, 1.82) is 0 Å². The molecule has 3 rings (SSSR count). The molecule has 9 nitrogen and oxygen atoms in total. The summed E-state index contributed by atoms with van der Waals surface area (Å²) in [6.07, 6.45) is 1.33. The van der Waals surface area contributed by atoms with E-state index in [1.54, 1.807) is 48.5 Å². The highest BCUT2D eigenvalue weighted by atomic mass is 16.5. The summed E-state index contributed by atoms with van der Waals surface area (Å²) in [6, 6.07) is 17.6. The Balaban J connectivity index is 1.57. The topological polar surface area (TPSA) is 118 Å². The molecule has 9 heteroatoms. The number of methoxy groups -OCH3 is 1. The monoisotopic (exact) mass is 488 g/mol. The number of carbonyl (C=O) groups is 3. The Morgan fingerprint density at radius 2 is 1.50 bits per heavy atom. The molecule has 36 heavy (non-hydrogen) atoms. The molecule has 0 aliphatic rings. The van der Waals surface area contributed by atoms with Crippen LogP contribution in [-0.2, 0) is 14.4 Å². The van der Waals surface area contributed by atoms with Crippen LogP contribution < -0.4 is 25.5 Å². The number of hydrogen-bond donors (Lipinski definition) is 3. The van der Waals surface area contributed by atoms with Crippen molar-refractivity contribution in [3.05, 3.63) is 82.9 Å². The van der Waals surface area contributed by atoms with E-state index in [9.17, 15) is 14.4 Å². The summed E-state index contributed by atoms with van der Waals surface area (Å²) >= 11 is 0. The molecule has 0 heterocycles. The Morgan fingerprint density at radius 1 is 0.861 bits per heavy atom. The van der Waals surface area contributed by atoms with E-state index in [1.807, 2.05) is 32.9 Å². The number of aryl methyl sites for hydroxylation is 3. The van der Waals surface area contributed by atoms with E-state index >= 15 is 0 Å². The zero-order valence-corrected chi connectivity index (χ0v) is 20.5. The Kier molecular flexibility index (Phi) is 8.77. The van der Waals surface area contributed by atoms with E-state index < -0.39 is 11.8 Å². The van der Waals surface area contributed by atoms with Gasteiger partial charge in [0.05, 0.1) is 19.0 Å². The van der Waals surface area contributed by atoms with E-state index in [0.717, 1.165) is 22.4 Å². The standard InChI is InChI=1S/C27H28N4O5/c1-17-13-18(2)25(19(3)14-17)30-24(32)16-36-22-11-7-5-9-20(22)15-28-31-27(34)26(33)29-21-10-6-8-12-23(21)35-4/h5-15H,16H2,1-4H3,(H,29,33)(H,30,32)(H,31,34)/b28-15-. The summed E-state index contributed by atoms with van der Waals surface area (Å²) in [7, 11) is 1.46. The predicted octanol–water partition coefficient (Wildman–Crippen LogP) is 3.73. The number of amides is 3. The molecule has 0 unspecified atom stereocenters. The van der Waals surface area contributed by atoms with Crippen LogP contribution in [0.4, 0.5) is 11.4 Å². The fourth-order valence-electron chi connectivity index (χ4n) is 3.55. The van der Waals surface area contributed by atoms with Crippen LogP contribution in [0.1, 0.15) is 22.3 Å². The van der Waals surface area contributed by atoms with Gasteiger partial charge in [-0.1, -0.05) is 42.0 Å². The molecule has 186 valence electrons. The molecule has 0 atom stereocenters. The predicted molar refractivity (Wildman–Crippen MR) is 139 cm³/mol. The van der Waals surface area contributed by atoms with Gasteiger partial charge in [0.15, 0.2) is 6.61 Å². The molecule has 3 amide bonds. The molecule has 0 radical (unpaired) electrons. The molecule has 0 saturated heterocycles. The fourth-order valence-corrected chi connectivity index (χ4v) is 3.55. The Bertz CT molecular complexity index is 1280. The molecule has 0 saturated carbocycles. The summed E-state index contributed by atoms with van der Waals surface area (Å²) in [5.74, 6) is -1.36. The van der Waals surface area contributed by atoms with Gasteiger partial charge in [-0.25, -0.2) is 5.43 Å². The molecular formula is C27H28N4O5. The van der Waals surface area contributed by atoms with Crippen LogP contribution >= 0.6 is 0 Å². The maximum atomic E-state index is 12.5. The zero-order valence-electron chi connectivity index (χ0n) is 20.5. The van der Waals surface area contributed by atoms with Crippen molar-refractivity contribution in [2.75, 3.05) is 24.4 Å². The van der Waals surface area contributed by atoms with Gasteiger partial charge in [0.25, 0.3) is 5.91 Å². The van der Waals surface area contributed by atoms with E-state index in [2.05, 4.69) is 21.2 Å². The van der Waals surface area contributed by atoms with Gasteiger partial charge in [-0.2, -0.15) is 5.10 Å². The highest BCUT2D eigenvalue weighted by Gasteiger charge is 2.15. The van der Waals surface area contributed by atoms with Crippen LogP contribution in [0.15, 0.2) is 65.8 Å². The van der Waals surface area contributed by atoms with Gasteiger partial charge in [0, 0.05) is 11.3 Å². The van der Waals surface area contributed by atoms with Gasteiger partial charge < -0.3 is 20.1 Å². The number of anilines is 2. The molecule has 3 N–H and O–H groups in total. The highest BCUT2D eigenvalue weighted by molar-refractivity contribution is 6.39. The number of benzene rings is 3. The number of para-hydroxylation sites is 3. The second-order valence-corrected chi connectivity index (χ2v) is 8.00. The number of ether oxygens (including phenoxy) is 2. The minimum absolute atomic E-state index is 0.217. The molecular weight excluding hydrogens is 460 g/mol. The van der Waals surface area contributed by atoms with E-state index in [-0.39, 0.29) is 12.5 Å². The number of nitrogens with zero attached hydrogens (tertiary/aromatic N) is 1. The molecule has 3 aromatic rings. The minimum Gasteiger partial charge on any atom is -0.495 e. The number of carbonyl (C=O) groups excluding carboxylic acids is 3. The van der Waals surface area contributed by atoms with Gasteiger partial charge in [-0.3, -0.25) is 14.4 Å². The highest BCUT2D eigenvalue weighted by Crippen LogP contribution is 2.23. The van der Waals surface area contributed by atoms with E-state index in [4.69, 9.17) is 9.47 Å². The van der Waals surface area contributed by atoms with E-state index in [0.29, 0.717) is 22.7 Å². The first-order valence-electron chi connectivity index (χ1n) is 11.2. The van der Waals surface area contributed by atoms with Crippen molar-refractivity contribution >= 4 is 35.3 Å². The maximum Gasteiger partial charge on any atom is 0.329 e. The van der Waals surface area contributed by atoms with Crippen molar-refractivity contribution in [3.8, 4) is 11.5 Å². The normalized spacial score (nSPS) is 10.6. The third kappa shape index (κ3) is 6.92. The van der Waals surface area contributed by atoms with Crippen molar-refractivity contribution in [3.63, 3.8) is 0 Å². The van der Waals surface area contributed by atoms with Gasteiger partial charge in [-0.05, 0) is 56.2 Å². The Morgan fingerprint density at radius 3 is 2.19 bits per heavy atom. The average molecular weight is 489 g/mol. The van der Waals surface area contributed by atoms with Crippen LogP contribution in [0.5, 0.6) is 11.5 Å². The quantitative estimate of drug-likeness (QED) is 0.254. The number of nitrogens with one attached hydrogen (secondary N) is 3. The maximum absolute atomic E-state index is 12.5. The summed E-state index contributed by atoms with van der Waals surface area (Å²) in [6.45, 7) is 5.66. The molecule has 0 spiro atoms. The largest absolute Gasteiger partial charge is 0.495 e. The third-order valence-electron chi connectivity index (χ3n) is 5.15. The fraction of sp³-hybridized carbons (Fsp3) is 0.185. The van der Waals surface area contributed by atoms with Gasteiger partial charge in [-0.15, -0.1) is 0 Å². The Labute approximate surface area is 209 Å². The second-order valence-electron chi connectivity index (χ2n) is 8.00. The van der Waals surface area contributed by atoms with E-state index in [1.165, 1.54) is 13.3 Å². The van der Waals surface area contributed by atoms with Crippen molar-refractivity contribution in [2.45, 2.75) is 20.8 Å². The van der Waals surface area contributed by atoms with Crippen LogP contribution in [0.2, 0.25) is 0 Å². The Hall–Kier alpha value is -4.66. The molecule has 0 aromatic heterocycles. The molecule has 0 bridgehead atoms. The van der Waals surface area contributed by atoms with Crippen LogP contribution in [0.3, 0.4) is 0 Å². The third-order valence-corrected chi connectivity index (χ3v) is 5.15. The second kappa shape index (κ2) is 12.2. The number of hydrogen-bond acceptors (Lipinski definition) is 6. The van der Waals surface area contributed by atoms with Crippen molar-refractivity contribution < 1.29 is 23.9 Å². The number of rotatable bonds is 8. The van der Waals surface area contributed by atoms with Gasteiger partial charge >= 0.3 is 11.8 Å². The zero-order chi connectivity index (χ0) is 26.1. The lowest BCUT2D eigenvalue weighted by molar-refractivity contribution is -0.136. The smallest absolute Gasteiger partial charge is 0.329 e. The summed E-state index contributed by atoms with van der Waals surface area (Å²) in [5, 5.41) is 9.19. The van der Waals surface area contributed by atoms with Crippen LogP contribution in [0, 0.1) is 20.8 Å². The minimum atomic E-state index is -0.959. The molecule has 0 aliphatic carbocycles. The summed E-state index contributed by atoms with van der Waals surface area (Å²) in [5.41, 5.74) is 6.87. The average Bonchev–Trinajstić information content (AvgIpc) is 2.85. The van der Waals surface area contributed by atoms with Gasteiger partial charge in [0.2, 0.25) is 0 Å². The SMILES string of the molecule is COc1ccccc1NC(=O)C(=O)N/N=C\c1ccccc1OCC(=O)Nc1c(C)cc(C)cc1C. The lowest BCUT2D eigenvalue weighted by atomic mass is 10.1. The first-order valence-corrected chi connectivity index (χ1v) is 11.2. The number of hydrazone groups is 1. The molecule has 0 aliphatic heterocycles. The first-order chi connectivity index (χ1) is 17.3. The summed E-state index contributed by atoms with van der Waals surface area (Å²) < 4.78 is 10.8.